The van der Waals surface area contributed by atoms with Crippen molar-refractivity contribution >= 4 is 0 Å². The van der Waals surface area contributed by atoms with Crippen molar-refractivity contribution in [3.63, 3.8) is 0 Å². The molecule has 0 amide bonds. The van der Waals surface area contributed by atoms with Crippen molar-refractivity contribution in [2.75, 3.05) is 0 Å². The Morgan fingerprint density at radius 1 is 1.53 bits per heavy atom. The summed E-state index contributed by atoms with van der Waals surface area (Å²) in [5, 5.41) is 0. The summed E-state index contributed by atoms with van der Waals surface area (Å²) in [4.78, 5) is 0. The Balaban J connectivity index is 2.01. The van der Waals surface area contributed by atoms with Gasteiger partial charge >= 0.3 is 0 Å². The van der Waals surface area contributed by atoms with Gasteiger partial charge in [0.25, 0.3) is 0 Å². The molecule has 0 saturated heterocycles. The third kappa shape index (κ3) is 1.98. The van der Waals surface area contributed by atoms with E-state index in [1.807, 2.05) is 0 Å². The number of fused-ring (bicyclic) bond motifs is 1. The van der Waals surface area contributed by atoms with E-state index in [1.165, 1.54) is 16.7 Å². The second kappa shape index (κ2) is 4.19. The minimum atomic E-state index is 0.257. The van der Waals surface area contributed by atoms with Crippen molar-refractivity contribution in [1.29, 1.82) is 0 Å². The molecule has 2 unspecified atom stereocenters. The van der Waals surface area contributed by atoms with Gasteiger partial charge in [-0.3, -0.25) is 0 Å². The summed E-state index contributed by atoms with van der Waals surface area (Å²) in [7, 11) is 0. The first-order valence-corrected chi connectivity index (χ1v) is 5.72. The Hall–Kier alpha value is -1.08. The molecular weight excluding hydrogens is 182 g/mol. The van der Waals surface area contributed by atoms with Gasteiger partial charge in [-0.15, -0.1) is 0 Å². The molecule has 1 aliphatic carbocycles. The summed E-state index contributed by atoms with van der Waals surface area (Å²) in [5.41, 5.74) is 10.4. The maximum Gasteiger partial charge on any atom is 0.0148 e. The summed E-state index contributed by atoms with van der Waals surface area (Å²) in [6.45, 7) is 6.17. The van der Waals surface area contributed by atoms with Crippen LogP contribution >= 0.6 is 0 Å². The van der Waals surface area contributed by atoms with Gasteiger partial charge in [0.05, 0.1) is 0 Å². The van der Waals surface area contributed by atoms with E-state index >= 15 is 0 Å². The minimum absolute atomic E-state index is 0.257. The molecule has 2 atom stereocenters. The number of hydrogen-bond donors (Lipinski definition) is 1. The molecule has 0 fully saturated rings. The summed E-state index contributed by atoms with van der Waals surface area (Å²) in [6.07, 6.45) is 3.16. The molecule has 0 radical (unpaired) electrons. The Bertz CT molecular complexity index is 367. The molecule has 1 heteroatoms. The molecule has 2 N–H and O–H groups in total. The van der Waals surface area contributed by atoms with Crippen LogP contribution in [0.5, 0.6) is 0 Å². The molecule has 80 valence electrons. The van der Waals surface area contributed by atoms with Crippen molar-refractivity contribution < 1.29 is 0 Å². The maximum atomic E-state index is 6.21. The van der Waals surface area contributed by atoms with Crippen LogP contribution < -0.4 is 5.73 Å². The van der Waals surface area contributed by atoms with Crippen LogP contribution in [0.2, 0.25) is 0 Å². The van der Waals surface area contributed by atoms with E-state index in [1.54, 1.807) is 0 Å². The standard InChI is InChI=1S/C14H19N/c1-3-10(2)8-14(15)13-9-11-6-4-5-7-12(11)13/h4-7,13-14H,2-3,8-9,15H2,1H3. The van der Waals surface area contributed by atoms with E-state index < -0.39 is 0 Å². The Morgan fingerprint density at radius 3 is 2.93 bits per heavy atom. The van der Waals surface area contributed by atoms with Gasteiger partial charge in [0.2, 0.25) is 0 Å². The molecule has 2 rings (SSSR count). The summed E-state index contributed by atoms with van der Waals surface area (Å²) in [6, 6.07) is 8.87. The highest BCUT2D eigenvalue weighted by atomic mass is 14.7. The molecule has 0 bridgehead atoms. The molecule has 1 aliphatic rings. The fraction of sp³-hybridized carbons (Fsp3) is 0.429. The number of rotatable bonds is 4. The van der Waals surface area contributed by atoms with Crippen LogP contribution in [-0.2, 0) is 6.42 Å². The fourth-order valence-electron chi connectivity index (χ4n) is 2.30. The summed E-state index contributed by atoms with van der Waals surface area (Å²) < 4.78 is 0. The van der Waals surface area contributed by atoms with Crippen LogP contribution in [-0.4, -0.2) is 6.04 Å². The molecule has 15 heavy (non-hydrogen) atoms. The molecule has 1 aromatic carbocycles. The lowest BCUT2D eigenvalue weighted by Gasteiger charge is -2.35. The molecule has 0 aromatic heterocycles. The molecule has 0 aliphatic heterocycles. The first kappa shape index (κ1) is 10.4. The quantitative estimate of drug-likeness (QED) is 0.745. The SMILES string of the molecule is C=C(CC)CC(N)C1Cc2ccccc21. The highest BCUT2D eigenvalue weighted by Crippen LogP contribution is 2.38. The number of benzene rings is 1. The second-order valence-electron chi connectivity index (χ2n) is 4.48. The molecule has 0 spiro atoms. The van der Waals surface area contributed by atoms with Crippen molar-refractivity contribution in [2.24, 2.45) is 5.73 Å². The molecular formula is C14H19N. The smallest absolute Gasteiger partial charge is 0.0148 e. The second-order valence-corrected chi connectivity index (χ2v) is 4.48. The monoisotopic (exact) mass is 201 g/mol. The van der Waals surface area contributed by atoms with E-state index in [9.17, 15) is 0 Å². The molecule has 1 aromatic rings. The summed E-state index contributed by atoms with van der Waals surface area (Å²) in [5.74, 6) is 0.560. The van der Waals surface area contributed by atoms with Crippen molar-refractivity contribution in [3.8, 4) is 0 Å². The first-order valence-electron chi connectivity index (χ1n) is 5.72. The van der Waals surface area contributed by atoms with E-state index in [4.69, 9.17) is 5.73 Å². The highest BCUT2D eigenvalue weighted by molar-refractivity contribution is 5.41. The van der Waals surface area contributed by atoms with Gasteiger partial charge in [-0.2, -0.15) is 0 Å². The predicted octanol–water partition coefficient (Wildman–Crippen LogP) is 3.01. The molecule has 0 heterocycles. The van der Waals surface area contributed by atoms with Gasteiger partial charge in [-0.05, 0) is 30.4 Å². The predicted molar refractivity (Wildman–Crippen MR) is 64.9 cm³/mol. The summed E-state index contributed by atoms with van der Waals surface area (Å²) >= 11 is 0. The third-order valence-electron chi connectivity index (χ3n) is 3.44. The average Bonchev–Trinajstić information content (AvgIpc) is 2.19. The van der Waals surface area contributed by atoms with Crippen LogP contribution in [0.4, 0.5) is 0 Å². The van der Waals surface area contributed by atoms with Gasteiger partial charge < -0.3 is 5.73 Å². The van der Waals surface area contributed by atoms with Crippen LogP contribution in [0.1, 0.15) is 36.8 Å². The topological polar surface area (TPSA) is 26.0 Å². The van der Waals surface area contributed by atoms with Gasteiger partial charge in [0, 0.05) is 12.0 Å². The Labute approximate surface area is 92.0 Å². The van der Waals surface area contributed by atoms with E-state index in [0.717, 1.165) is 19.3 Å². The van der Waals surface area contributed by atoms with Gasteiger partial charge in [0.1, 0.15) is 0 Å². The third-order valence-corrected chi connectivity index (χ3v) is 3.44. The number of hydrogen-bond acceptors (Lipinski definition) is 1. The molecule has 1 nitrogen and oxygen atoms in total. The van der Waals surface area contributed by atoms with Gasteiger partial charge in [-0.25, -0.2) is 0 Å². The van der Waals surface area contributed by atoms with Gasteiger partial charge in [-0.1, -0.05) is 43.3 Å². The van der Waals surface area contributed by atoms with Crippen molar-refractivity contribution in [3.05, 3.63) is 47.5 Å². The lowest BCUT2D eigenvalue weighted by molar-refractivity contribution is 0.477. The van der Waals surface area contributed by atoms with Crippen LogP contribution in [0, 0.1) is 0 Å². The Kier molecular flexibility index (Phi) is 2.92. The van der Waals surface area contributed by atoms with E-state index in [2.05, 4.69) is 37.8 Å². The number of nitrogens with two attached hydrogens (primary N) is 1. The zero-order valence-electron chi connectivity index (χ0n) is 9.37. The molecule has 0 saturated carbocycles. The normalized spacial score (nSPS) is 20.3. The zero-order valence-corrected chi connectivity index (χ0v) is 9.37. The first-order chi connectivity index (χ1) is 7.22. The van der Waals surface area contributed by atoms with E-state index in [0.29, 0.717) is 5.92 Å². The fourth-order valence-corrected chi connectivity index (χ4v) is 2.30. The lowest BCUT2D eigenvalue weighted by Crippen LogP contribution is -2.35. The van der Waals surface area contributed by atoms with Crippen LogP contribution in [0.3, 0.4) is 0 Å². The van der Waals surface area contributed by atoms with Crippen molar-refractivity contribution in [2.45, 2.75) is 38.1 Å². The largest absolute Gasteiger partial charge is 0.327 e. The van der Waals surface area contributed by atoms with Crippen molar-refractivity contribution in [1.82, 2.24) is 0 Å². The highest BCUT2D eigenvalue weighted by Gasteiger charge is 2.30. The van der Waals surface area contributed by atoms with E-state index in [-0.39, 0.29) is 6.04 Å². The minimum Gasteiger partial charge on any atom is -0.327 e. The lowest BCUT2D eigenvalue weighted by atomic mass is 9.72. The van der Waals surface area contributed by atoms with Crippen LogP contribution in [0.15, 0.2) is 36.4 Å². The maximum absolute atomic E-state index is 6.21. The van der Waals surface area contributed by atoms with Gasteiger partial charge in [0.15, 0.2) is 0 Å². The Morgan fingerprint density at radius 2 is 2.27 bits per heavy atom. The zero-order chi connectivity index (χ0) is 10.8. The van der Waals surface area contributed by atoms with Crippen LogP contribution in [0.25, 0.3) is 0 Å². The average molecular weight is 201 g/mol.